The number of anilines is 1. The van der Waals surface area contributed by atoms with E-state index in [1.54, 1.807) is 7.11 Å². The Kier molecular flexibility index (Phi) is 4.23. The third-order valence-corrected chi connectivity index (χ3v) is 5.03. The van der Waals surface area contributed by atoms with Crippen LogP contribution in [0.1, 0.15) is 47.9 Å². The molecule has 0 aliphatic carbocycles. The fourth-order valence-electron chi connectivity index (χ4n) is 3.86. The molecule has 0 radical (unpaired) electrons. The number of benzene rings is 2. The summed E-state index contributed by atoms with van der Waals surface area (Å²) in [6, 6.07) is 11.7. The van der Waals surface area contributed by atoms with Gasteiger partial charge in [-0.25, -0.2) is 0 Å². The predicted molar refractivity (Wildman–Crippen MR) is 101 cm³/mol. The summed E-state index contributed by atoms with van der Waals surface area (Å²) in [7, 11) is 1.67. The lowest BCUT2D eigenvalue weighted by Crippen LogP contribution is -2.43. The standard InChI is InChI=1S/C21H24N2O3/c1-4-9-23-20(22-17-8-6-5-7-15(17)21(23)24)16-12-18-14(10-13(2)26-18)11-19(16)25-3/h5-8,11-13,20,22H,4,9-10H2,1-3H3/t13-,20-/m0/s1. The van der Waals surface area contributed by atoms with Crippen molar-refractivity contribution in [3.05, 3.63) is 53.1 Å². The van der Waals surface area contributed by atoms with Gasteiger partial charge in [0.1, 0.15) is 23.8 Å². The molecule has 4 rings (SSSR count). The van der Waals surface area contributed by atoms with Gasteiger partial charge in [-0.05, 0) is 37.6 Å². The molecule has 26 heavy (non-hydrogen) atoms. The third-order valence-electron chi connectivity index (χ3n) is 5.03. The molecule has 2 aliphatic heterocycles. The van der Waals surface area contributed by atoms with E-state index in [1.165, 1.54) is 0 Å². The quantitative estimate of drug-likeness (QED) is 0.904. The van der Waals surface area contributed by atoms with Gasteiger partial charge in [0.25, 0.3) is 5.91 Å². The van der Waals surface area contributed by atoms with Crippen molar-refractivity contribution in [1.29, 1.82) is 0 Å². The maximum atomic E-state index is 13.1. The molecule has 2 aromatic carbocycles. The van der Waals surface area contributed by atoms with Crippen LogP contribution >= 0.6 is 0 Å². The van der Waals surface area contributed by atoms with Crippen LogP contribution < -0.4 is 14.8 Å². The van der Waals surface area contributed by atoms with Crippen LogP contribution in [0.25, 0.3) is 0 Å². The van der Waals surface area contributed by atoms with Crippen molar-refractivity contribution in [2.75, 3.05) is 19.0 Å². The first-order chi connectivity index (χ1) is 12.6. The maximum absolute atomic E-state index is 13.1. The number of fused-ring (bicyclic) bond motifs is 2. The Bertz CT molecular complexity index is 849. The molecule has 136 valence electrons. The number of hydrogen-bond donors (Lipinski definition) is 1. The van der Waals surface area contributed by atoms with Crippen LogP contribution in [0.5, 0.6) is 11.5 Å². The average Bonchev–Trinajstić information content (AvgIpc) is 3.01. The largest absolute Gasteiger partial charge is 0.496 e. The van der Waals surface area contributed by atoms with Gasteiger partial charge < -0.3 is 19.7 Å². The minimum Gasteiger partial charge on any atom is -0.496 e. The van der Waals surface area contributed by atoms with Crippen LogP contribution in [0.4, 0.5) is 5.69 Å². The Hall–Kier alpha value is -2.69. The van der Waals surface area contributed by atoms with Crippen molar-refractivity contribution >= 4 is 11.6 Å². The summed E-state index contributed by atoms with van der Waals surface area (Å²) in [4.78, 5) is 15.0. The Morgan fingerprint density at radius 3 is 2.88 bits per heavy atom. The van der Waals surface area contributed by atoms with E-state index in [9.17, 15) is 4.79 Å². The van der Waals surface area contributed by atoms with Gasteiger partial charge in [0.05, 0.1) is 12.7 Å². The molecule has 2 atom stereocenters. The number of hydrogen-bond acceptors (Lipinski definition) is 4. The summed E-state index contributed by atoms with van der Waals surface area (Å²) in [5.74, 6) is 1.72. The van der Waals surface area contributed by atoms with E-state index in [4.69, 9.17) is 9.47 Å². The molecule has 0 saturated carbocycles. The van der Waals surface area contributed by atoms with Crippen LogP contribution in [-0.4, -0.2) is 30.6 Å². The molecule has 0 fully saturated rings. The molecule has 5 heteroatoms. The van der Waals surface area contributed by atoms with E-state index >= 15 is 0 Å². The minimum absolute atomic E-state index is 0.0445. The molecule has 0 unspecified atom stereocenters. The van der Waals surface area contributed by atoms with E-state index < -0.39 is 0 Å². The number of ether oxygens (including phenoxy) is 2. The topological polar surface area (TPSA) is 50.8 Å². The van der Waals surface area contributed by atoms with Crippen LogP contribution in [-0.2, 0) is 6.42 Å². The molecule has 0 bridgehead atoms. The van der Waals surface area contributed by atoms with Crippen molar-refractivity contribution < 1.29 is 14.3 Å². The maximum Gasteiger partial charge on any atom is 0.257 e. The van der Waals surface area contributed by atoms with Gasteiger partial charge in [-0.3, -0.25) is 4.79 Å². The summed E-state index contributed by atoms with van der Waals surface area (Å²) < 4.78 is 11.6. The number of nitrogens with one attached hydrogen (secondary N) is 1. The Labute approximate surface area is 153 Å². The summed E-state index contributed by atoms with van der Waals surface area (Å²) in [5.41, 5.74) is 3.65. The van der Waals surface area contributed by atoms with Crippen LogP contribution in [0, 0.1) is 0 Å². The highest BCUT2D eigenvalue weighted by atomic mass is 16.5. The zero-order valence-electron chi connectivity index (χ0n) is 15.4. The first kappa shape index (κ1) is 16.8. The SMILES string of the molecule is CCCN1C(=O)c2ccccc2N[C@@H]1c1cc2c(cc1OC)C[C@H](C)O2. The fourth-order valence-corrected chi connectivity index (χ4v) is 3.86. The van der Waals surface area contributed by atoms with Gasteiger partial charge >= 0.3 is 0 Å². The zero-order chi connectivity index (χ0) is 18.3. The molecular formula is C21H24N2O3. The Morgan fingerprint density at radius 1 is 1.31 bits per heavy atom. The molecule has 0 saturated heterocycles. The lowest BCUT2D eigenvalue weighted by molar-refractivity contribution is 0.0681. The van der Waals surface area contributed by atoms with Gasteiger partial charge in [0, 0.05) is 29.8 Å². The van der Waals surface area contributed by atoms with Crippen molar-refractivity contribution in [3.63, 3.8) is 0 Å². The Balaban J connectivity index is 1.81. The van der Waals surface area contributed by atoms with Gasteiger partial charge in [-0.15, -0.1) is 0 Å². The highest BCUT2D eigenvalue weighted by molar-refractivity contribution is 6.01. The second-order valence-corrected chi connectivity index (χ2v) is 6.93. The molecule has 2 heterocycles. The smallest absolute Gasteiger partial charge is 0.257 e. The molecule has 0 spiro atoms. The molecule has 0 aromatic heterocycles. The van der Waals surface area contributed by atoms with Crippen LogP contribution in [0.2, 0.25) is 0 Å². The van der Waals surface area contributed by atoms with Crippen molar-refractivity contribution in [3.8, 4) is 11.5 Å². The second-order valence-electron chi connectivity index (χ2n) is 6.93. The highest BCUT2D eigenvalue weighted by Crippen LogP contribution is 2.41. The molecule has 2 aliphatic rings. The van der Waals surface area contributed by atoms with Crippen molar-refractivity contribution in [1.82, 2.24) is 4.90 Å². The predicted octanol–water partition coefficient (Wildman–Crippen LogP) is 4.00. The number of methoxy groups -OCH3 is 1. The molecule has 1 amide bonds. The summed E-state index contributed by atoms with van der Waals surface area (Å²) in [6.07, 6.45) is 1.65. The van der Waals surface area contributed by atoms with E-state index in [0.29, 0.717) is 12.1 Å². The van der Waals surface area contributed by atoms with Gasteiger partial charge in [0.2, 0.25) is 0 Å². The summed E-state index contributed by atoms with van der Waals surface area (Å²) >= 11 is 0. The van der Waals surface area contributed by atoms with E-state index in [1.807, 2.05) is 41.3 Å². The number of carbonyl (C=O) groups excluding carboxylic acids is 1. The van der Waals surface area contributed by atoms with Crippen LogP contribution in [0.15, 0.2) is 36.4 Å². The lowest BCUT2D eigenvalue weighted by Gasteiger charge is -2.38. The number of rotatable bonds is 4. The van der Waals surface area contributed by atoms with E-state index in [0.717, 1.165) is 41.2 Å². The number of para-hydroxylation sites is 1. The monoisotopic (exact) mass is 352 g/mol. The fraction of sp³-hybridized carbons (Fsp3) is 0.381. The second kappa shape index (κ2) is 6.56. The molecule has 5 nitrogen and oxygen atoms in total. The van der Waals surface area contributed by atoms with Gasteiger partial charge in [-0.1, -0.05) is 19.1 Å². The van der Waals surface area contributed by atoms with E-state index in [2.05, 4.69) is 19.2 Å². The lowest BCUT2D eigenvalue weighted by atomic mass is 10.00. The molecule has 2 aromatic rings. The van der Waals surface area contributed by atoms with Gasteiger partial charge in [-0.2, -0.15) is 0 Å². The van der Waals surface area contributed by atoms with Crippen molar-refractivity contribution in [2.45, 2.75) is 39.0 Å². The highest BCUT2D eigenvalue weighted by Gasteiger charge is 2.35. The zero-order valence-corrected chi connectivity index (χ0v) is 15.4. The van der Waals surface area contributed by atoms with Gasteiger partial charge in [0.15, 0.2) is 0 Å². The first-order valence-electron chi connectivity index (χ1n) is 9.16. The third kappa shape index (κ3) is 2.68. The Morgan fingerprint density at radius 2 is 2.12 bits per heavy atom. The first-order valence-corrected chi connectivity index (χ1v) is 9.16. The van der Waals surface area contributed by atoms with E-state index in [-0.39, 0.29) is 18.2 Å². The summed E-state index contributed by atoms with van der Waals surface area (Å²) in [6.45, 7) is 4.81. The summed E-state index contributed by atoms with van der Waals surface area (Å²) in [5, 5.41) is 3.53. The van der Waals surface area contributed by atoms with Crippen molar-refractivity contribution in [2.24, 2.45) is 0 Å². The normalized spacial score (nSPS) is 20.9. The average molecular weight is 352 g/mol. The number of amides is 1. The van der Waals surface area contributed by atoms with Crippen LogP contribution in [0.3, 0.4) is 0 Å². The molecule has 1 N–H and O–H groups in total. The molecular weight excluding hydrogens is 328 g/mol. The number of nitrogens with zero attached hydrogens (tertiary/aromatic N) is 1. The number of carbonyl (C=O) groups is 1. The minimum atomic E-state index is -0.280.